The summed E-state index contributed by atoms with van der Waals surface area (Å²) in [5.74, 6) is -2.69. The number of thiophene rings is 1. The number of carbonyl (C=O) groups is 3. The lowest BCUT2D eigenvalue weighted by Crippen LogP contribution is -2.74. The van der Waals surface area contributed by atoms with Gasteiger partial charge in [0.15, 0.2) is 26.7 Å². The van der Waals surface area contributed by atoms with Gasteiger partial charge in [0, 0.05) is 21.0 Å². The van der Waals surface area contributed by atoms with Gasteiger partial charge < -0.3 is 19.9 Å². The number of carboxylic acids is 1. The third-order valence-corrected chi connectivity index (χ3v) is 10.1. The molecule has 2 aliphatic rings. The molecule has 1 fully saturated rings. The molecule has 43 heavy (non-hydrogen) atoms. The molecule has 0 aliphatic carbocycles. The second kappa shape index (κ2) is 12.6. The first kappa shape index (κ1) is 30.9. The fourth-order valence-electron chi connectivity index (χ4n) is 4.62. The van der Waals surface area contributed by atoms with Gasteiger partial charge in [0.25, 0.3) is 5.91 Å². The number of benzene rings is 2. The highest BCUT2D eigenvalue weighted by Crippen LogP contribution is 2.39. The molecule has 2 aromatic carbocycles. The van der Waals surface area contributed by atoms with E-state index in [1.54, 1.807) is 41.8 Å². The topological polar surface area (TPSA) is 139 Å². The number of ether oxygens (including phenoxy) is 2. The minimum atomic E-state index is -4.03. The van der Waals surface area contributed by atoms with Gasteiger partial charge in [-0.25, -0.2) is 13.2 Å². The lowest BCUT2D eigenvalue weighted by atomic mass is 10.0. The zero-order chi connectivity index (χ0) is 30.9. The van der Waals surface area contributed by atoms with Gasteiger partial charge in [0.2, 0.25) is 5.91 Å². The maximum Gasteiger partial charge on any atom is 0.352 e. The van der Waals surface area contributed by atoms with Crippen LogP contribution in [0.4, 0.5) is 0 Å². The van der Waals surface area contributed by atoms with Crippen molar-refractivity contribution in [2.24, 2.45) is 0 Å². The van der Waals surface area contributed by atoms with Crippen molar-refractivity contribution in [3.8, 4) is 17.2 Å². The Morgan fingerprint density at radius 2 is 1.79 bits per heavy atom. The van der Waals surface area contributed by atoms with Crippen molar-refractivity contribution in [3.63, 3.8) is 0 Å². The number of aliphatic carboxylic acids is 1. The van der Waals surface area contributed by atoms with Crippen molar-refractivity contribution >= 4 is 73.8 Å². The number of fused-ring (bicyclic) bond motifs is 1. The first-order chi connectivity index (χ1) is 20.4. The summed E-state index contributed by atoms with van der Waals surface area (Å²) in [6.07, 6.45) is 2.43. The van der Waals surface area contributed by atoms with E-state index < -0.39 is 50.5 Å². The second-order valence-electron chi connectivity index (χ2n) is 9.43. The lowest BCUT2D eigenvalue weighted by molar-refractivity contribution is -0.151. The number of nitrogens with zero attached hydrogens (tertiary/aromatic N) is 1. The predicted molar refractivity (Wildman–Crippen MR) is 161 cm³/mol. The molecule has 1 saturated heterocycles. The monoisotopic (exact) mass is 682 g/mol. The Morgan fingerprint density at radius 3 is 2.47 bits per heavy atom. The van der Waals surface area contributed by atoms with Gasteiger partial charge in [-0.05, 0) is 59.8 Å². The maximum absolute atomic E-state index is 13.2. The zero-order valence-electron chi connectivity index (χ0n) is 21.8. The normalized spacial score (nSPS) is 19.1. The quantitative estimate of drug-likeness (QED) is 0.213. The van der Waals surface area contributed by atoms with Gasteiger partial charge in [-0.15, -0.1) is 11.3 Å². The van der Waals surface area contributed by atoms with Crippen LogP contribution >= 0.6 is 46.1 Å². The van der Waals surface area contributed by atoms with E-state index in [1.165, 1.54) is 35.8 Å². The summed E-state index contributed by atoms with van der Waals surface area (Å²) in [6.45, 7) is 0. The minimum absolute atomic E-state index is 0.0178. The van der Waals surface area contributed by atoms with E-state index >= 15 is 0 Å². The molecular weight excluding hydrogens is 663 g/mol. The van der Waals surface area contributed by atoms with Crippen LogP contribution in [0.5, 0.6) is 17.2 Å². The van der Waals surface area contributed by atoms with E-state index in [-0.39, 0.29) is 34.9 Å². The molecule has 15 heteroatoms. The number of hydrogen-bond donors (Lipinski definition) is 2. The summed E-state index contributed by atoms with van der Waals surface area (Å²) < 4.78 is 37.8. The van der Waals surface area contributed by atoms with Crippen LogP contribution in [-0.4, -0.2) is 53.4 Å². The standard InChI is InChI=1S/C28H21Cl3N2O8S2/c29-16-5-7-20(19(31)11-16)41-21-8-6-17(30)12-22(21)40-9-1-3-15-14-43(38,39)27-24(26(35)33(27)25(15)28(36)37)32-23(34)13-18-4-2-10-42-18/h1-2,4-12,24,27H,3,13-14H2,(H,32,34)(H,36,37)/b9-1+/t24?,27-/m1/s1. The van der Waals surface area contributed by atoms with Crippen molar-refractivity contribution in [2.45, 2.75) is 24.3 Å². The molecular formula is C28H21Cl3N2O8S2. The van der Waals surface area contributed by atoms with Crippen molar-refractivity contribution < 1.29 is 37.4 Å². The number of carbonyl (C=O) groups excluding carboxylic acids is 2. The number of rotatable bonds is 10. The van der Waals surface area contributed by atoms with Crippen molar-refractivity contribution in [2.75, 3.05) is 5.75 Å². The highest BCUT2D eigenvalue weighted by molar-refractivity contribution is 7.92. The van der Waals surface area contributed by atoms with E-state index in [4.69, 9.17) is 44.3 Å². The van der Waals surface area contributed by atoms with Crippen LogP contribution < -0.4 is 14.8 Å². The van der Waals surface area contributed by atoms with Gasteiger partial charge in [-0.3, -0.25) is 14.5 Å². The van der Waals surface area contributed by atoms with Gasteiger partial charge in [0.05, 0.1) is 23.5 Å². The number of halogens is 3. The van der Waals surface area contributed by atoms with Crippen molar-refractivity contribution in [1.82, 2.24) is 10.2 Å². The average molecular weight is 684 g/mol. The van der Waals surface area contributed by atoms with Gasteiger partial charge in [-0.1, -0.05) is 40.9 Å². The summed E-state index contributed by atoms with van der Waals surface area (Å²) >= 11 is 19.6. The maximum atomic E-state index is 13.2. The summed E-state index contributed by atoms with van der Waals surface area (Å²) in [5.41, 5.74) is -0.460. The predicted octanol–water partition coefficient (Wildman–Crippen LogP) is 5.45. The largest absolute Gasteiger partial charge is 0.477 e. The summed E-state index contributed by atoms with van der Waals surface area (Å²) in [4.78, 5) is 39.0. The summed E-state index contributed by atoms with van der Waals surface area (Å²) in [7, 11) is -4.03. The Balaban J connectivity index is 1.31. The molecule has 5 rings (SSSR count). The van der Waals surface area contributed by atoms with E-state index in [0.29, 0.717) is 15.8 Å². The number of hydrogen-bond acceptors (Lipinski definition) is 8. The van der Waals surface area contributed by atoms with Crippen molar-refractivity contribution in [3.05, 3.63) is 97.5 Å². The van der Waals surface area contributed by atoms with Crippen LogP contribution in [-0.2, 0) is 30.6 Å². The number of carboxylic acid groups (broad SMARTS) is 1. The molecule has 224 valence electrons. The van der Waals surface area contributed by atoms with Crippen LogP contribution in [0.25, 0.3) is 0 Å². The molecule has 0 bridgehead atoms. The Bertz CT molecular complexity index is 1770. The molecule has 3 heterocycles. The second-order valence-corrected chi connectivity index (χ2v) is 13.8. The van der Waals surface area contributed by atoms with Gasteiger partial charge in [0.1, 0.15) is 17.5 Å². The average Bonchev–Trinajstić information content (AvgIpc) is 3.44. The fraction of sp³-hybridized carbons (Fsp3) is 0.179. The van der Waals surface area contributed by atoms with E-state index in [9.17, 15) is 27.9 Å². The van der Waals surface area contributed by atoms with Crippen LogP contribution in [0.15, 0.2) is 77.5 Å². The molecule has 0 radical (unpaired) electrons. The highest BCUT2D eigenvalue weighted by Gasteiger charge is 2.60. The molecule has 0 saturated carbocycles. The third-order valence-electron chi connectivity index (χ3n) is 6.47. The highest BCUT2D eigenvalue weighted by atomic mass is 35.5. The van der Waals surface area contributed by atoms with Crippen LogP contribution in [0, 0.1) is 0 Å². The van der Waals surface area contributed by atoms with Gasteiger partial charge in [-0.2, -0.15) is 0 Å². The van der Waals surface area contributed by atoms with Gasteiger partial charge >= 0.3 is 5.97 Å². The molecule has 2 N–H and O–H groups in total. The molecule has 2 aliphatic heterocycles. The Labute approximate surface area is 265 Å². The molecule has 10 nitrogen and oxygen atoms in total. The number of nitrogens with one attached hydrogen (secondary N) is 1. The summed E-state index contributed by atoms with van der Waals surface area (Å²) in [5, 5.41) is 13.7. The first-order valence-electron chi connectivity index (χ1n) is 12.5. The molecule has 0 spiro atoms. The molecule has 3 aromatic rings. The Kier molecular flexibility index (Phi) is 9.04. The van der Waals surface area contributed by atoms with E-state index in [2.05, 4.69) is 5.32 Å². The number of amides is 2. The van der Waals surface area contributed by atoms with E-state index in [1.807, 2.05) is 0 Å². The number of allylic oxidation sites excluding steroid dienone is 1. The minimum Gasteiger partial charge on any atom is -0.477 e. The fourth-order valence-corrected chi connectivity index (χ4v) is 7.98. The Morgan fingerprint density at radius 1 is 1.07 bits per heavy atom. The lowest BCUT2D eigenvalue weighted by Gasteiger charge is -2.49. The third kappa shape index (κ3) is 6.68. The van der Waals surface area contributed by atoms with E-state index in [0.717, 1.165) is 9.78 Å². The molecule has 1 aromatic heterocycles. The molecule has 2 amide bonds. The SMILES string of the molecule is O=C(Cc1cccs1)NC1C(=O)N2C(C(=O)O)=C(C/C=C/Oc3cc(Cl)ccc3Oc3ccc(Cl)cc3Cl)CS(=O)(=O)[C@H]12. The summed E-state index contributed by atoms with van der Waals surface area (Å²) in [6, 6.07) is 11.4. The van der Waals surface area contributed by atoms with Crippen molar-refractivity contribution in [1.29, 1.82) is 0 Å². The smallest absolute Gasteiger partial charge is 0.352 e. The van der Waals surface area contributed by atoms with Crippen LogP contribution in [0.2, 0.25) is 15.1 Å². The van der Waals surface area contributed by atoms with Crippen LogP contribution in [0.1, 0.15) is 11.3 Å². The number of β-lactam (4-membered cyclic amide) rings is 1. The molecule has 1 unspecified atom stereocenters. The number of sulfone groups is 1. The first-order valence-corrected chi connectivity index (χ1v) is 16.2. The zero-order valence-corrected chi connectivity index (χ0v) is 25.7. The van der Waals surface area contributed by atoms with Crippen LogP contribution in [0.3, 0.4) is 0 Å². The molecule has 2 atom stereocenters. The Hall–Kier alpha value is -3.55.